The molecule has 1 aromatic carbocycles. The Labute approximate surface area is 144 Å². The second-order valence-corrected chi connectivity index (χ2v) is 7.14. The summed E-state index contributed by atoms with van der Waals surface area (Å²) in [5.41, 5.74) is 2.16. The molecule has 1 heterocycles. The summed E-state index contributed by atoms with van der Waals surface area (Å²) in [4.78, 5) is 6.83. The van der Waals surface area contributed by atoms with Gasteiger partial charge in [-0.25, -0.2) is 4.39 Å². The molecule has 1 spiro atoms. The molecule has 0 bridgehead atoms. The van der Waals surface area contributed by atoms with Crippen LogP contribution in [0.4, 0.5) is 4.39 Å². The Bertz CT molecular complexity index is 596. The zero-order valence-corrected chi connectivity index (χ0v) is 14.8. The van der Waals surface area contributed by atoms with Crippen LogP contribution in [0, 0.1) is 11.2 Å². The smallest absolute Gasteiger partial charge is 0.193 e. The van der Waals surface area contributed by atoms with Gasteiger partial charge in [0.25, 0.3) is 0 Å². The largest absolute Gasteiger partial charge is 0.380 e. The highest BCUT2D eigenvalue weighted by atomic mass is 19.1. The molecule has 132 valence electrons. The van der Waals surface area contributed by atoms with Gasteiger partial charge in [0.2, 0.25) is 0 Å². The van der Waals surface area contributed by atoms with E-state index in [4.69, 9.17) is 4.74 Å². The first-order chi connectivity index (χ1) is 11.7. The minimum atomic E-state index is -0.215. The zero-order valence-electron chi connectivity index (χ0n) is 14.8. The summed E-state index contributed by atoms with van der Waals surface area (Å²) in [6.07, 6.45) is 6.75. The molecule has 0 amide bonds. The van der Waals surface area contributed by atoms with Crippen molar-refractivity contribution in [2.45, 2.75) is 45.3 Å². The number of benzene rings is 1. The Balaban J connectivity index is 1.60. The minimum absolute atomic E-state index is 0.215. The highest BCUT2D eigenvalue weighted by molar-refractivity contribution is 5.80. The molecule has 0 atom stereocenters. The number of likely N-dealkylation sites (tertiary alicyclic amines) is 1. The monoisotopic (exact) mass is 333 g/mol. The van der Waals surface area contributed by atoms with E-state index in [2.05, 4.69) is 15.2 Å². The SMILES string of the molecule is CN=C(NCc1ccc(F)c(COC)c1)N1CCC2(CCCC2)C1. The summed E-state index contributed by atoms with van der Waals surface area (Å²) in [5, 5.41) is 3.44. The van der Waals surface area contributed by atoms with Gasteiger partial charge in [0.05, 0.1) is 6.61 Å². The maximum Gasteiger partial charge on any atom is 0.193 e. The lowest BCUT2D eigenvalue weighted by molar-refractivity contribution is 0.181. The van der Waals surface area contributed by atoms with E-state index in [1.807, 2.05) is 19.2 Å². The molecule has 1 aliphatic carbocycles. The number of nitrogens with zero attached hydrogens (tertiary/aromatic N) is 2. The second-order valence-electron chi connectivity index (χ2n) is 7.14. The summed E-state index contributed by atoms with van der Waals surface area (Å²) in [7, 11) is 3.42. The van der Waals surface area contributed by atoms with Crippen molar-refractivity contribution in [3.63, 3.8) is 0 Å². The molecular weight excluding hydrogens is 305 g/mol. The fourth-order valence-corrected chi connectivity index (χ4v) is 4.17. The number of hydrogen-bond acceptors (Lipinski definition) is 2. The van der Waals surface area contributed by atoms with Crippen LogP contribution < -0.4 is 5.32 Å². The molecule has 2 aliphatic rings. The fourth-order valence-electron chi connectivity index (χ4n) is 4.17. The van der Waals surface area contributed by atoms with Crippen LogP contribution in [-0.2, 0) is 17.9 Å². The number of rotatable bonds is 4. The standard InChI is InChI=1S/C19H28FN3O/c1-21-18(23-10-9-19(14-23)7-3-4-8-19)22-12-15-5-6-17(20)16(11-15)13-24-2/h5-6,11H,3-4,7-10,12-14H2,1-2H3,(H,21,22). The van der Waals surface area contributed by atoms with E-state index in [1.165, 1.54) is 38.2 Å². The minimum Gasteiger partial charge on any atom is -0.380 e. The fraction of sp³-hybridized carbons (Fsp3) is 0.632. The number of aliphatic imine (C=N–C) groups is 1. The van der Waals surface area contributed by atoms with Gasteiger partial charge < -0.3 is 15.0 Å². The van der Waals surface area contributed by atoms with E-state index in [9.17, 15) is 4.39 Å². The third-order valence-electron chi connectivity index (χ3n) is 5.47. The number of methoxy groups -OCH3 is 1. The maximum atomic E-state index is 13.7. The van der Waals surface area contributed by atoms with Gasteiger partial charge in [-0.05, 0) is 42.4 Å². The van der Waals surface area contributed by atoms with Crippen molar-refractivity contribution in [1.82, 2.24) is 10.2 Å². The highest BCUT2D eigenvalue weighted by Gasteiger charge is 2.41. The van der Waals surface area contributed by atoms with Crippen LogP contribution in [0.25, 0.3) is 0 Å². The lowest BCUT2D eigenvalue weighted by atomic mass is 9.86. The van der Waals surface area contributed by atoms with E-state index < -0.39 is 0 Å². The summed E-state index contributed by atoms with van der Waals surface area (Å²) < 4.78 is 18.8. The van der Waals surface area contributed by atoms with Crippen molar-refractivity contribution < 1.29 is 9.13 Å². The molecule has 1 aromatic rings. The molecule has 1 saturated carbocycles. The van der Waals surface area contributed by atoms with E-state index in [0.29, 0.717) is 24.1 Å². The van der Waals surface area contributed by atoms with Crippen LogP contribution in [0.1, 0.15) is 43.2 Å². The molecule has 4 nitrogen and oxygen atoms in total. The van der Waals surface area contributed by atoms with Gasteiger partial charge in [0, 0.05) is 39.4 Å². The van der Waals surface area contributed by atoms with Crippen molar-refractivity contribution in [1.29, 1.82) is 0 Å². The molecule has 2 fully saturated rings. The van der Waals surface area contributed by atoms with Crippen molar-refractivity contribution in [3.8, 4) is 0 Å². The molecule has 0 unspecified atom stereocenters. The molecule has 0 radical (unpaired) electrons. The number of halogens is 1. The Morgan fingerprint density at radius 1 is 1.33 bits per heavy atom. The van der Waals surface area contributed by atoms with E-state index in [-0.39, 0.29) is 5.82 Å². The lowest BCUT2D eigenvalue weighted by Gasteiger charge is -2.26. The summed E-state index contributed by atoms with van der Waals surface area (Å²) in [5.74, 6) is 0.740. The molecular formula is C19H28FN3O. The first-order valence-electron chi connectivity index (χ1n) is 8.88. The van der Waals surface area contributed by atoms with Gasteiger partial charge in [-0.3, -0.25) is 4.99 Å². The number of ether oxygens (including phenoxy) is 1. The Hall–Kier alpha value is -1.62. The zero-order chi connectivity index (χ0) is 17.0. The predicted octanol–water partition coefficient (Wildman–Crippen LogP) is 3.31. The molecule has 1 N–H and O–H groups in total. The average Bonchev–Trinajstić information content (AvgIpc) is 3.22. The average molecular weight is 333 g/mol. The van der Waals surface area contributed by atoms with E-state index in [0.717, 1.165) is 24.6 Å². The Morgan fingerprint density at radius 3 is 2.83 bits per heavy atom. The predicted molar refractivity (Wildman–Crippen MR) is 94.4 cm³/mol. The van der Waals surface area contributed by atoms with Gasteiger partial charge in [-0.15, -0.1) is 0 Å². The van der Waals surface area contributed by atoms with Crippen molar-refractivity contribution in [2.24, 2.45) is 10.4 Å². The van der Waals surface area contributed by atoms with Crippen LogP contribution in [-0.4, -0.2) is 38.1 Å². The van der Waals surface area contributed by atoms with Gasteiger partial charge in [0.1, 0.15) is 5.82 Å². The van der Waals surface area contributed by atoms with Gasteiger partial charge in [0.15, 0.2) is 5.96 Å². The topological polar surface area (TPSA) is 36.9 Å². The van der Waals surface area contributed by atoms with Crippen molar-refractivity contribution in [2.75, 3.05) is 27.2 Å². The van der Waals surface area contributed by atoms with Crippen molar-refractivity contribution >= 4 is 5.96 Å². The van der Waals surface area contributed by atoms with Gasteiger partial charge in [-0.1, -0.05) is 18.9 Å². The third-order valence-corrected chi connectivity index (χ3v) is 5.47. The van der Waals surface area contributed by atoms with E-state index in [1.54, 1.807) is 7.11 Å². The molecule has 1 saturated heterocycles. The first kappa shape index (κ1) is 17.2. The Kier molecular flexibility index (Phi) is 5.39. The van der Waals surface area contributed by atoms with Crippen LogP contribution in [0.3, 0.4) is 0 Å². The lowest BCUT2D eigenvalue weighted by Crippen LogP contribution is -2.40. The van der Waals surface area contributed by atoms with Gasteiger partial charge in [-0.2, -0.15) is 0 Å². The summed E-state index contributed by atoms with van der Waals surface area (Å²) >= 11 is 0. The molecule has 1 aliphatic heterocycles. The summed E-state index contributed by atoms with van der Waals surface area (Å²) in [6.45, 7) is 3.14. The number of guanidine groups is 1. The molecule has 3 rings (SSSR count). The molecule has 24 heavy (non-hydrogen) atoms. The quantitative estimate of drug-likeness (QED) is 0.678. The van der Waals surface area contributed by atoms with Crippen molar-refractivity contribution in [3.05, 3.63) is 35.1 Å². The second kappa shape index (κ2) is 7.51. The molecule has 0 aromatic heterocycles. The Morgan fingerprint density at radius 2 is 2.12 bits per heavy atom. The molecule has 5 heteroatoms. The third kappa shape index (κ3) is 3.72. The van der Waals surface area contributed by atoms with Crippen LogP contribution in [0.2, 0.25) is 0 Å². The van der Waals surface area contributed by atoms with Crippen LogP contribution in [0.15, 0.2) is 23.2 Å². The first-order valence-corrected chi connectivity index (χ1v) is 8.88. The van der Waals surface area contributed by atoms with Crippen LogP contribution >= 0.6 is 0 Å². The highest BCUT2D eigenvalue weighted by Crippen LogP contribution is 2.45. The maximum absolute atomic E-state index is 13.7. The normalized spacial score (nSPS) is 20.1. The number of nitrogens with one attached hydrogen (secondary N) is 1. The van der Waals surface area contributed by atoms with Crippen LogP contribution in [0.5, 0.6) is 0 Å². The number of hydrogen-bond donors (Lipinski definition) is 1. The van der Waals surface area contributed by atoms with Gasteiger partial charge >= 0.3 is 0 Å². The van der Waals surface area contributed by atoms with E-state index >= 15 is 0 Å². The summed E-state index contributed by atoms with van der Waals surface area (Å²) in [6, 6.07) is 5.19.